The molecule has 2 N–H and O–H groups in total. The molecule has 1 rings (SSSR count). The first-order valence-corrected chi connectivity index (χ1v) is 8.84. The molecule has 1 amide bonds. The maximum absolute atomic E-state index is 12.2. The summed E-state index contributed by atoms with van der Waals surface area (Å²) in [5.74, 6) is 1.07. The van der Waals surface area contributed by atoms with Crippen LogP contribution in [0.25, 0.3) is 0 Å². The van der Waals surface area contributed by atoms with Gasteiger partial charge in [0.1, 0.15) is 0 Å². The second-order valence-corrected chi connectivity index (χ2v) is 6.67. The molecule has 0 aromatic carbocycles. The summed E-state index contributed by atoms with van der Waals surface area (Å²) in [6.07, 6.45) is 8.54. The lowest BCUT2D eigenvalue weighted by Gasteiger charge is -2.31. The average molecular weight is 313 g/mol. The lowest BCUT2D eigenvalue weighted by molar-refractivity contribution is -0.133. The Morgan fingerprint density at radius 3 is 2.67 bits per heavy atom. The van der Waals surface area contributed by atoms with Crippen LogP contribution < -0.4 is 5.73 Å². The zero-order chi connectivity index (χ0) is 12.8. The monoisotopic (exact) mass is 312 g/mol. The summed E-state index contributed by atoms with van der Waals surface area (Å²) in [5.41, 5.74) is 5.95. The van der Waals surface area contributed by atoms with Crippen LogP contribution in [-0.2, 0) is 4.79 Å². The Morgan fingerprint density at radius 1 is 1.44 bits per heavy atom. The number of rotatable bonds is 6. The van der Waals surface area contributed by atoms with Crippen molar-refractivity contribution in [2.45, 2.75) is 43.0 Å². The molecular formula is C12H25ClN2OS2. The van der Waals surface area contributed by atoms with Crippen molar-refractivity contribution >= 4 is 41.8 Å². The van der Waals surface area contributed by atoms with Gasteiger partial charge in [-0.3, -0.25) is 4.79 Å². The molecule has 1 saturated carbocycles. The molecule has 1 fully saturated rings. The number of hydrogen-bond acceptors (Lipinski definition) is 4. The largest absolute Gasteiger partial charge is 0.340 e. The molecule has 1 aliphatic carbocycles. The Hall–Kier alpha value is 0.420. The number of nitrogens with two attached hydrogens (primary N) is 1. The van der Waals surface area contributed by atoms with Gasteiger partial charge in [0.15, 0.2) is 0 Å². The minimum atomic E-state index is -0.324. The first-order valence-electron chi connectivity index (χ1n) is 6.15. The van der Waals surface area contributed by atoms with Crippen LogP contribution in [0.2, 0.25) is 0 Å². The average Bonchev–Trinajstić information content (AvgIpc) is 2.82. The van der Waals surface area contributed by atoms with Crippen molar-refractivity contribution in [1.29, 1.82) is 0 Å². The minimum Gasteiger partial charge on any atom is -0.340 e. The summed E-state index contributed by atoms with van der Waals surface area (Å²) in [7, 11) is 1.92. The molecule has 0 spiro atoms. The molecule has 3 atom stereocenters. The number of thioether (sulfide) groups is 2. The van der Waals surface area contributed by atoms with Crippen LogP contribution in [-0.4, -0.2) is 53.5 Å². The normalized spacial score (nSPS) is 24.4. The lowest BCUT2D eigenvalue weighted by Crippen LogP contribution is -2.48. The van der Waals surface area contributed by atoms with Gasteiger partial charge >= 0.3 is 0 Å². The fourth-order valence-corrected chi connectivity index (χ4v) is 3.94. The van der Waals surface area contributed by atoms with Gasteiger partial charge in [-0.1, -0.05) is 6.42 Å². The molecule has 0 aliphatic heterocycles. The van der Waals surface area contributed by atoms with Gasteiger partial charge in [-0.15, -0.1) is 12.4 Å². The fourth-order valence-electron chi connectivity index (χ4n) is 2.42. The van der Waals surface area contributed by atoms with Crippen LogP contribution in [0.5, 0.6) is 0 Å². The van der Waals surface area contributed by atoms with Gasteiger partial charge in [0, 0.05) is 18.3 Å². The van der Waals surface area contributed by atoms with Crippen molar-refractivity contribution in [1.82, 2.24) is 4.90 Å². The third-order valence-electron chi connectivity index (χ3n) is 3.52. The van der Waals surface area contributed by atoms with Gasteiger partial charge in [0.05, 0.1) is 6.04 Å². The number of nitrogens with zero attached hydrogens (tertiary/aromatic N) is 1. The third-order valence-corrected chi connectivity index (χ3v) is 5.32. The molecule has 108 valence electrons. The number of amides is 1. The summed E-state index contributed by atoms with van der Waals surface area (Å²) < 4.78 is 0. The Morgan fingerprint density at radius 2 is 2.11 bits per heavy atom. The van der Waals surface area contributed by atoms with Crippen LogP contribution in [0, 0.1) is 0 Å². The van der Waals surface area contributed by atoms with Crippen molar-refractivity contribution in [3.05, 3.63) is 0 Å². The maximum Gasteiger partial charge on any atom is 0.239 e. The van der Waals surface area contributed by atoms with E-state index in [4.69, 9.17) is 5.73 Å². The molecule has 18 heavy (non-hydrogen) atoms. The molecule has 0 radical (unpaired) electrons. The molecule has 0 aromatic heterocycles. The summed E-state index contributed by atoms with van der Waals surface area (Å²) in [6, 6.07) is 0.0633. The molecule has 3 nitrogen and oxygen atoms in total. The predicted octanol–water partition coefficient (Wildman–Crippen LogP) is 2.23. The predicted molar refractivity (Wildman–Crippen MR) is 85.9 cm³/mol. The summed E-state index contributed by atoms with van der Waals surface area (Å²) in [5, 5.41) is 0.594. The summed E-state index contributed by atoms with van der Waals surface area (Å²) in [6.45, 7) is 0. The van der Waals surface area contributed by atoms with Crippen molar-refractivity contribution in [2.75, 3.05) is 25.3 Å². The fraction of sp³-hybridized carbons (Fsp3) is 0.917. The summed E-state index contributed by atoms with van der Waals surface area (Å²) in [4.78, 5) is 14.1. The second kappa shape index (κ2) is 9.34. The van der Waals surface area contributed by atoms with Gasteiger partial charge in [-0.25, -0.2) is 0 Å². The quantitative estimate of drug-likeness (QED) is 0.817. The highest BCUT2D eigenvalue weighted by Crippen LogP contribution is 2.31. The smallest absolute Gasteiger partial charge is 0.239 e. The molecule has 6 heteroatoms. The van der Waals surface area contributed by atoms with Gasteiger partial charge in [-0.05, 0) is 37.5 Å². The molecule has 0 heterocycles. The molecular weight excluding hydrogens is 288 g/mol. The van der Waals surface area contributed by atoms with E-state index in [0.29, 0.717) is 11.3 Å². The molecule has 0 saturated heterocycles. The van der Waals surface area contributed by atoms with E-state index >= 15 is 0 Å². The van der Waals surface area contributed by atoms with Crippen LogP contribution in [0.15, 0.2) is 0 Å². The van der Waals surface area contributed by atoms with Gasteiger partial charge in [-0.2, -0.15) is 23.5 Å². The first-order chi connectivity index (χ1) is 8.11. The molecule has 0 bridgehead atoms. The van der Waals surface area contributed by atoms with E-state index in [9.17, 15) is 4.79 Å². The highest BCUT2D eigenvalue weighted by atomic mass is 35.5. The number of carbonyl (C=O) groups is 1. The Kier molecular flexibility index (Phi) is 9.56. The number of hydrogen-bond donors (Lipinski definition) is 1. The highest BCUT2D eigenvalue weighted by Gasteiger charge is 2.33. The van der Waals surface area contributed by atoms with E-state index < -0.39 is 0 Å². The van der Waals surface area contributed by atoms with Crippen LogP contribution in [0.3, 0.4) is 0 Å². The maximum atomic E-state index is 12.2. The number of likely N-dealkylation sites (N-methyl/N-ethyl adjacent to an activating group) is 1. The van der Waals surface area contributed by atoms with Crippen molar-refractivity contribution in [3.8, 4) is 0 Å². The minimum absolute atomic E-state index is 0. The van der Waals surface area contributed by atoms with Crippen LogP contribution >= 0.6 is 35.9 Å². The molecule has 1 aliphatic rings. The van der Waals surface area contributed by atoms with Gasteiger partial charge < -0.3 is 10.6 Å². The number of carbonyl (C=O) groups excluding carboxylic acids is 1. The van der Waals surface area contributed by atoms with Crippen LogP contribution in [0.4, 0.5) is 0 Å². The van der Waals surface area contributed by atoms with E-state index in [1.54, 1.807) is 11.8 Å². The summed E-state index contributed by atoms with van der Waals surface area (Å²) >= 11 is 3.62. The zero-order valence-corrected chi connectivity index (χ0v) is 13.9. The zero-order valence-electron chi connectivity index (χ0n) is 11.4. The van der Waals surface area contributed by atoms with E-state index in [1.165, 1.54) is 12.8 Å². The number of halogens is 1. The molecule has 2 unspecified atom stereocenters. The first kappa shape index (κ1) is 18.4. The lowest BCUT2D eigenvalue weighted by atomic mass is 10.1. The van der Waals surface area contributed by atoms with E-state index in [1.807, 2.05) is 30.0 Å². The van der Waals surface area contributed by atoms with E-state index in [0.717, 1.165) is 18.6 Å². The highest BCUT2D eigenvalue weighted by molar-refractivity contribution is 7.99. The van der Waals surface area contributed by atoms with Crippen molar-refractivity contribution in [2.24, 2.45) is 5.73 Å². The van der Waals surface area contributed by atoms with Gasteiger partial charge in [0.2, 0.25) is 5.91 Å². The Labute approximate surface area is 125 Å². The third kappa shape index (κ3) is 4.83. The second-order valence-electron chi connectivity index (χ2n) is 4.61. The standard InChI is InChI=1S/C12H24N2OS2.ClH/c1-14(10-5-4-6-11(10)17-3)12(15)9(13)7-8-16-2;/h9-11H,4-8,13H2,1-3H3;1H/t9-,10?,11?;/m0./s1. The van der Waals surface area contributed by atoms with Crippen molar-refractivity contribution in [3.63, 3.8) is 0 Å². The van der Waals surface area contributed by atoms with Gasteiger partial charge in [0.25, 0.3) is 0 Å². The van der Waals surface area contributed by atoms with E-state index in [2.05, 4.69) is 6.26 Å². The molecule has 0 aromatic rings. The Bertz CT molecular complexity index is 256. The van der Waals surface area contributed by atoms with Crippen molar-refractivity contribution < 1.29 is 4.79 Å². The SMILES string of the molecule is CSCC[C@H](N)C(=O)N(C)C1CCCC1SC.Cl. The van der Waals surface area contributed by atoms with Crippen LogP contribution in [0.1, 0.15) is 25.7 Å². The topological polar surface area (TPSA) is 46.3 Å². The Balaban J connectivity index is 0.00000289. The van der Waals surface area contributed by atoms with E-state index in [-0.39, 0.29) is 24.4 Å².